The van der Waals surface area contributed by atoms with Crippen LogP contribution in [0.4, 0.5) is 4.79 Å². The quantitative estimate of drug-likeness (QED) is 0.507. The van der Waals surface area contributed by atoms with Crippen molar-refractivity contribution in [1.82, 2.24) is 15.5 Å². The summed E-state index contributed by atoms with van der Waals surface area (Å²) in [5.74, 6) is 0.731. The molecule has 166 valence electrons. The van der Waals surface area contributed by atoms with Crippen molar-refractivity contribution < 1.29 is 14.3 Å². The number of ether oxygens (including phenoxy) is 1. The number of urea groups is 1. The Morgan fingerprint density at radius 1 is 0.781 bits per heavy atom. The highest BCUT2D eigenvalue weighted by Gasteiger charge is 2.09. The second-order valence-corrected chi connectivity index (χ2v) is 7.52. The van der Waals surface area contributed by atoms with Crippen molar-refractivity contribution in [3.8, 4) is 5.75 Å². The molecule has 32 heavy (non-hydrogen) atoms. The van der Waals surface area contributed by atoms with E-state index in [-0.39, 0.29) is 18.4 Å². The molecular weight excluding hydrogens is 402 g/mol. The third-order valence-corrected chi connectivity index (χ3v) is 4.90. The first-order chi connectivity index (χ1) is 15.6. The molecule has 0 aliphatic rings. The molecule has 6 heteroatoms. The molecule has 3 rings (SSSR count). The van der Waals surface area contributed by atoms with Gasteiger partial charge in [0.05, 0.1) is 0 Å². The number of hydrogen-bond acceptors (Lipinski definition) is 3. The maximum Gasteiger partial charge on any atom is 0.317 e. The van der Waals surface area contributed by atoms with Crippen LogP contribution in [0.2, 0.25) is 0 Å². The van der Waals surface area contributed by atoms with Gasteiger partial charge in [-0.3, -0.25) is 4.79 Å². The van der Waals surface area contributed by atoms with Crippen molar-refractivity contribution in [1.29, 1.82) is 0 Å². The smallest absolute Gasteiger partial charge is 0.317 e. The summed E-state index contributed by atoms with van der Waals surface area (Å²) in [6.07, 6.45) is 0.230. The highest BCUT2D eigenvalue weighted by molar-refractivity contribution is 5.78. The Morgan fingerprint density at radius 3 is 2.09 bits per heavy atom. The lowest BCUT2D eigenvalue weighted by Crippen LogP contribution is -2.38. The molecule has 3 aromatic rings. The van der Waals surface area contributed by atoms with Gasteiger partial charge in [0.25, 0.3) is 0 Å². The van der Waals surface area contributed by atoms with Crippen molar-refractivity contribution in [2.24, 2.45) is 0 Å². The number of benzene rings is 3. The second kappa shape index (κ2) is 12.2. The molecule has 6 nitrogen and oxygen atoms in total. The van der Waals surface area contributed by atoms with Gasteiger partial charge in [-0.2, -0.15) is 0 Å². The van der Waals surface area contributed by atoms with E-state index < -0.39 is 0 Å². The predicted octanol–water partition coefficient (Wildman–Crippen LogP) is 4.11. The zero-order chi connectivity index (χ0) is 22.6. The second-order valence-electron chi connectivity index (χ2n) is 7.52. The molecule has 0 saturated heterocycles. The fourth-order valence-electron chi connectivity index (χ4n) is 3.07. The van der Waals surface area contributed by atoms with E-state index in [1.807, 2.05) is 84.9 Å². The number of nitrogens with zero attached hydrogens (tertiary/aromatic N) is 1. The van der Waals surface area contributed by atoms with Gasteiger partial charge < -0.3 is 20.3 Å². The third kappa shape index (κ3) is 7.80. The monoisotopic (exact) mass is 431 g/mol. The lowest BCUT2D eigenvalue weighted by atomic mass is 10.1. The van der Waals surface area contributed by atoms with Crippen LogP contribution >= 0.6 is 0 Å². The van der Waals surface area contributed by atoms with Crippen LogP contribution in [-0.4, -0.2) is 30.4 Å². The highest BCUT2D eigenvalue weighted by Crippen LogP contribution is 2.12. The van der Waals surface area contributed by atoms with E-state index in [0.717, 1.165) is 22.4 Å². The SMILES string of the molecule is CN(Cc1ccccc1)C(=O)NCCC(=O)NCc1ccc(COc2ccccc2)cc1. The summed E-state index contributed by atoms with van der Waals surface area (Å²) in [7, 11) is 1.73. The number of hydrogen-bond donors (Lipinski definition) is 2. The number of para-hydroxylation sites is 1. The van der Waals surface area contributed by atoms with Gasteiger partial charge in [0.1, 0.15) is 12.4 Å². The van der Waals surface area contributed by atoms with E-state index in [0.29, 0.717) is 26.2 Å². The van der Waals surface area contributed by atoms with Crippen LogP contribution < -0.4 is 15.4 Å². The molecule has 0 aliphatic heterocycles. The van der Waals surface area contributed by atoms with E-state index in [2.05, 4.69) is 10.6 Å². The molecule has 2 N–H and O–H groups in total. The minimum absolute atomic E-state index is 0.104. The average molecular weight is 432 g/mol. The maximum atomic E-state index is 12.2. The molecule has 0 bridgehead atoms. The first kappa shape index (κ1) is 22.9. The number of nitrogens with one attached hydrogen (secondary N) is 2. The average Bonchev–Trinajstić information content (AvgIpc) is 2.83. The van der Waals surface area contributed by atoms with Gasteiger partial charge in [0, 0.05) is 33.1 Å². The molecule has 0 radical (unpaired) electrons. The Hall–Kier alpha value is -3.80. The summed E-state index contributed by atoms with van der Waals surface area (Å²) in [6, 6.07) is 27.2. The topological polar surface area (TPSA) is 70.7 Å². The van der Waals surface area contributed by atoms with Crippen LogP contribution in [0.5, 0.6) is 5.75 Å². The highest BCUT2D eigenvalue weighted by atomic mass is 16.5. The molecule has 0 saturated carbocycles. The first-order valence-electron chi connectivity index (χ1n) is 10.7. The molecule has 3 amide bonds. The molecule has 0 atom stereocenters. The normalized spacial score (nSPS) is 10.3. The molecule has 0 fully saturated rings. The summed E-state index contributed by atoms with van der Waals surface area (Å²) in [5, 5.41) is 5.66. The third-order valence-electron chi connectivity index (χ3n) is 4.90. The van der Waals surface area contributed by atoms with Gasteiger partial charge in [-0.1, -0.05) is 72.8 Å². The van der Waals surface area contributed by atoms with Gasteiger partial charge in [-0.05, 0) is 28.8 Å². The standard InChI is InChI=1S/C26H29N3O3/c1-29(19-22-8-4-2-5-9-22)26(31)27-17-16-25(30)28-18-21-12-14-23(15-13-21)20-32-24-10-6-3-7-11-24/h2-15H,16-20H2,1H3,(H,27,31)(H,28,30). The maximum absolute atomic E-state index is 12.2. The van der Waals surface area contributed by atoms with Crippen LogP contribution in [0.25, 0.3) is 0 Å². The fourth-order valence-corrected chi connectivity index (χ4v) is 3.07. The summed E-state index contributed by atoms with van der Waals surface area (Å²) >= 11 is 0. The van der Waals surface area contributed by atoms with Gasteiger partial charge in [-0.25, -0.2) is 4.79 Å². The number of carbonyl (C=O) groups excluding carboxylic acids is 2. The van der Waals surface area contributed by atoms with E-state index >= 15 is 0 Å². The van der Waals surface area contributed by atoms with Crippen LogP contribution in [0.15, 0.2) is 84.9 Å². The summed E-state index contributed by atoms with van der Waals surface area (Å²) in [6.45, 7) is 1.75. The Morgan fingerprint density at radius 2 is 1.41 bits per heavy atom. The number of amides is 3. The van der Waals surface area contributed by atoms with Crippen molar-refractivity contribution in [3.05, 3.63) is 102 Å². The molecule has 0 spiro atoms. The molecule has 0 aromatic heterocycles. The van der Waals surface area contributed by atoms with Gasteiger partial charge in [-0.15, -0.1) is 0 Å². The van der Waals surface area contributed by atoms with Crippen molar-refractivity contribution in [2.75, 3.05) is 13.6 Å². The van der Waals surface area contributed by atoms with Crippen molar-refractivity contribution in [2.45, 2.75) is 26.1 Å². The fraction of sp³-hybridized carbons (Fsp3) is 0.231. The molecule has 0 heterocycles. The Balaban J connectivity index is 1.31. The van der Waals surface area contributed by atoms with Crippen molar-refractivity contribution in [3.63, 3.8) is 0 Å². The summed E-state index contributed by atoms with van der Waals surface area (Å²) in [5.41, 5.74) is 3.13. The van der Waals surface area contributed by atoms with E-state index in [4.69, 9.17) is 4.74 Å². The van der Waals surface area contributed by atoms with Crippen molar-refractivity contribution >= 4 is 11.9 Å². The van der Waals surface area contributed by atoms with Gasteiger partial charge in [0.2, 0.25) is 5.91 Å². The molecule has 0 unspecified atom stereocenters. The molecular formula is C26H29N3O3. The van der Waals surface area contributed by atoms with E-state index in [1.54, 1.807) is 11.9 Å². The van der Waals surface area contributed by atoms with E-state index in [9.17, 15) is 9.59 Å². The predicted molar refractivity (Wildman–Crippen MR) is 125 cm³/mol. The van der Waals surface area contributed by atoms with Crippen LogP contribution in [0, 0.1) is 0 Å². The van der Waals surface area contributed by atoms with Crippen LogP contribution in [-0.2, 0) is 24.5 Å². The zero-order valence-electron chi connectivity index (χ0n) is 18.3. The summed E-state index contributed by atoms with van der Waals surface area (Å²) in [4.78, 5) is 25.8. The molecule has 3 aromatic carbocycles. The first-order valence-corrected chi connectivity index (χ1v) is 10.7. The number of rotatable bonds is 10. The Bertz CT molecular complexity index is 976. The zero-order valence-corrected chi connectivity index (χ0v) is 18.3. The summed E-state index contributed by atoms with van der Waals surface area (Å²) < 4.78 is 5.74. The van der Waals surface area contributed by atoms with Gasteiger partial charge >= 0.3 is 6.03 Å². The van der Waals surface area contributed by atoms with Crippen LogP contribution in [0.1, 0.15) is 23.1 Å². The Kier molecular flexibility index (Phi) is 8.69. The minimum atomic E-state index is -0.199. The molecule has 0 aliphatic carbocycles. The lowest BCUT2D eigenvalue weighted by molar-refractivity contribution is -0.121. The Labute approximate surface area is 189 Å². The van der Waals surface area contributed by atoms with E-state index in [1.165, 1.54) is 0 Å². The minimum Gasteiger partial charge on any atom is -0.489 e. The largest absolute Gasteiger partial charge is 0.489 e. The van der Waals surface area contributed by atoms with Gasteiger partial charge in [0.15, 0.2) is 0 Å². The lowest BCUT2D eigenvalue weighted by Gasteiger charge is -2.18. The number of carbonyl (C=O) groups is 2. The van der Waals surface area contributed by atoms with Crippen LogP contribution in [0.3, 0.4) is 0 Å².